The zero-order valence-electron chi connectivity index (χ0n) is 7.16. The number of hydrogen-bond acceptors (Lipinski definition) is 4. The number of ether oxygens (including phenoxy) is 1. The second-order valence-corrected chi connectivity index (χ2v) is 2.36. The Morgan fingerprint density at radius 1 is 1.42 bits per heavy atom. The Balaban J connectivity index is 2.53. The van der Waals surface area contributed by atoms with Gasteiger partial charge >= 0.3 is 6.01 Å². The molecule has 2 N–H and O–H groups in total. The lowest BCUT2D eigenvalue weighted by Crippen LogP contribution is -2.12. The lowest BCUT2D eigenvalue weighted by molar-refractivity contribution is 0.301. The first-order valence-corrected chi connectivity index (χ1v) is 4.00. The highest BCUT2D eigenvalue weighted by Crippen LogP contribution is 2.02. The second kappa shape index (κ2) is 4.66. The van der Waals surface area contributed by atoms with Crippen LogP contribution in [0.1, 0.15) is 12.5 Å². The molecule has 0 amide bonds. The Bertz CT molecular complexity index is 222. The molecule has 12 heavy (non-hydrogen) atoms. The van der Waals surface area contributed by atoms with Gasteiger partial charge in [0, 0.05) is 18.9 Å². The number of nitrogens with two attached hydrogens (primary N) is 1. The first-order valence-electron chi connectivity index (χ1n) is 4.00. The summed E-state index contributed by atoms with van der Waals surface area (Å²) in [5.41, 5.74) is 6.36. The van der Waals surface area contributed by atoms with Crippen molar-refractivity contribution in [2.24, 2.45) is 5.73 Å². The Morgan fingerprint density at radius 2 is 2.08 bits per heavy atom. The SMILES string of the molecule is CCc1cnc(OCCN)nc1. The van der Waals surface area contributed by atoms with Crippen LogP contribution in [0.15, 0.2) is 12.4 Å². The number of aromatic nitrogens is 2. The molecule has 0 spiro atoms. The van der Waals surface area contributed by atoms with Crippen molar-refractivity contribution in [3.8, 4) is 6.01 Å². The summed E-state index contributed by atoms with van der Waals surface area (Å²) in [4.78, 5) is 8.00. The summed E-state index contributed by atoms with van der Waals surface area (Å²) in [5, 5.41) is 0. The third kappa shape index (κ3) is 2.47. The predicted octanol–water partition coefficient (Wildman–Crippen LogP) is 0.376. The second-order valence-electron chi connectivity index (χ2n) is 2.36. The zero-order valence-corrected chi connectivity index (χ0v) is 7.16. The van der Waals surface area contributed by atoms with Gasteiger partial charge in [0.1, 0.15) is 6.61 Å². The molecule has 0 saturated heterocycles. The Kier molecular flexibility index (Phi) is 3.47. The molecule has 0 atom stereocenters. The Labute approximate surface area is 71.8 Å². The Morgan fingerprint density at radius 3 is 2.58 bits per heavy atom. The average Bonchev–Trinajstić information content (AvgIpc) is 2.15. The van der Waals surface area contributed by atoms with Crippen molar-refractivity contribution in [1.29, 1.82) is 0 Å². The first-order chi connectivity index (χ1) is 5.86. The fourth-order valence-electron chi connectivity index (χ4n) is 0.750. The third-order valence-electron chi connectivity index (χ3n) is 1.44. The van der Waals surface area contributed by atoms with E-state index in [0.717, 1.165) is 12.0 Å². The minimum Gasteiger partial charge on any atom is -0.462 e. The minimum atomic E-state index is 0.401. The van der Waals surface area contributed by atoms with Crippen molar-refractivity contribution < 1.29 is 4.74 Å². The lowest BCUT2D eigenvalue weighted by Gasteiger charge is -2.01. The fourth-order valence-corrected chi connectivity index (χ4v) is 0.750. The molecule has 0 aliphatic heterocycles. The molecule has 0 fully saturated rings. The molecular weight excluding hydrogens is 154 g/mol. The van der Waals surface area contributed by atoms with Crippen molar-refractivity contribution in [2.75, 3.05) is 13.2 Å². The maximum atomic E-state index is 5.25. The molecule has 0 saturated carbocycles. The molecule has 1 aromatic rings. The van der Waals surface area contributed by atoms with Gasteiger partial charge in [-0.05, 0) is 12.0 Å². The number of rotatable bonds is 4. The molecule has 0 aliphatic rings. The molecule has 0 unspecified atom stereocenters. The van der Waals surface area contributed by atoms with E-state index in [-0.39, 0.29) is 0 Å². The normalized spacial score (nSPS) is 9.83. The molecule has 1 rings (SSSR count). The standard InChI is InChI=1S/C8H13N3O/c1-2-7-5-10-8(11-6-7)12-4-3-9/h5-6H,2-4,9H2,1H3. The van der Waals surface area contributed by atoms with E-state index in [1.807, 2.05) is 0 Å². The van der Waals surface area contributed by atoms with E-state index in [0.29, 0.717) is 19.2 Å². The number of hydrogen-bond donors (Lipinski definition) is 1. The predicted molar refractivity (Wildman–Crippen MR) is 46.0 cm³/mol. The highest BCUT2D eigenvalue weighted by Gasteiger charge is 1.95. The van der Waals surface area contributed by atoms with E-state index >= 15 is 0 Å². The van der Waals surface area contributed by atoms with Gasteiger partial charge in [-0.3, -0.25) is 0 Å². The van der Waals surface area contributed by atoms with Crippen LogP contribution in [0.4, 0.5) is 0 Å². The molecule has 0 aliphatic carbocycles. The molecule has 0 aromatic carbocycles. The summed E-state index contributed by atoms with van der Waals surface area (Å²) in [6.07, 6.45) is 4.47. The van der Waals surface area contributed by atoms with E-state index in [4.69, 9.17) is 10.5 Å². The van der Waals surface area contributed by atoms with Crippen molar-refractivity contribution in [3.63, 3.8) is 0 Å². The van der Waals surface area contributed by atoms with E-state index in [1.165, 1.54) is 0 Å². The number of aryl methyl sites for hydroxylation is 1. The molecular formula is C8H13N3O. The van der Waals surface area contributed by atoms with E-state index in [2.05, 4.69) is 16.9 Å². The topological polar surface area (TPSA) is 61.0 Å². The molecule has 0 radical (unpaired) electrons. The maximum Gasteiger partial charge on any atom is 0.316 e. The third-order valence-corrected chi connectivity index (χ3v) is 1.44. The molecule has 66 valence electrons. The summed E-state index contributed by atoms with van der Waals surface area (Å²) >= 11 is 0. The van der Waals surface area contributed by atoms with Crippen molar-refractivity contribution in [1.82, 2.24) is 9.97 Å². The van der Waals surface area contributed by atoms with Crippen LogP contribution in [0.3, 0.4) is 0 Å². The van der Waals surface area contributed by atoms with Gasteiger partial charge in [0.2, 0.25) is 0 Å². The van der Waals surface area contributed by atoms with E-state index < -0.39 is 0 Å². The summed E-state index contributed by atoms with van der Waals surface area (Å²) in [5.74, 6) is 0. The number of nitrogens with zero attached hydrogens (tertiary/aromatic N) is 2. The molecule has 4 nitrogen and oxygen atoms in total. The summed E-state index contributed by atoms with van der Waals surface area (Å²) < 4.78 is 5.11. The molecule has 0 bridgehead atoms. The molecule has 1 heterocycles. The van der Waals surface area contributed by atoms with E-state index in [1.54, 1.807) is 12.4 Å². The zero-order chi connectivity index (χ0) is 8.81. The van der Waals surface area contributed by atoms with Crippen molar-refractivity contribution in [2.45, 2.75) is 13.3 Å². The molecule has 4 heteroatoms. The molecule has 1 aromatic heterocycles. The monoisotopic (exact) mass is 167 g/mol. The van der Waals surface area contributed by atoms with Gasteiger partial charge in [0.25, 0.3) is 0 Å². The van der Waals surface area contributed by atoms with Crippen LogP contribution >= 0.6 is 0 Å². The van der Waals surface area contributed by atoms with Crippen LogP contribution < -0.4 is 10.5 Å². The minimum absolute atomic E-state index is 0.401. The average molecular weight is 167 g/mol. The van der Waals surface area contributed by atoms with Gasteiger partial charge in [-0.15, -0.1) is 0 Å². The Hall–Kier alpha value is -1.16. The fraction of sp³-hybridized carbons (Fsp3) is 0.500. The summed E-state index contributed by atoms with van der Waals surface area (Å²) in [6.45, 7) is 3.00. The van der Waals surface area contributed by atoms with Gasteiger partial charge in [-0.2, -0.15) is 0 Å². The smallest absolute Gasteiger partial charge is 0.316 e. The first kappa shape index (κ1) is 8.93. The maximum absolute atomic E-state index is 5.25. The van der Waals surface area contributed by atoms with Gasteiger partial charge < -0.3 is 10.5 Å². The van der Waals surface area contributed by atoms with Gasteiger partial charge in [0.05, 0.1) is 0 Å². The van der Waals surface area contributed by atoms with Crippen molar-refractivity contribution in [3.05, 3.63) is 18.0 Å². The van der Waals surface area contributed by atoms with Gasteiger partial charge in [0.15, 0.2) is 0 Å². The highest BCUT2D eigenvalue weighted by atomic mass is 16.5. The van der Waals surface area contributed by atoms with Gasteiger partial charge in [-0.25, -0.2) is 9.97 Å². The van der Waals surface area contributed by atoms with Crippen LogP contribution in [-0.2, 0) is 6.42 Å². The van der Waals surface area contributed by atoms with Crippen LogP contribution in [0.2, 0.25) is 0 Å². The van der Waals surface area contributed by atoms with E-state index in [9.17, 15) is 0 Å². The van der Waals surface area contributed by atoms with Crippen LogP contribution in [0.25, 0.3) is 0 Å². The summed E-state index contributed by atoms with van der Waals surface area (Å²) in [6, 6.07) is 0.401. The van der Waals surface area contributed by atoms with Crippen LogP contribution in [0.5, 0.6) is 6.01 Å². The van der Waals surface area contributed by atoms with Gasteiger partial charge in [-0.1, -0.05) is 6.92 Å². The van der Waals surface area contributed by atoms with Crippen LogP contribution in [0, 0.1) is 0 Å². The van der Waals surface area contributed by atoms with Crippen LogP contribution in [-0.4, -0.2) is 23.1 Å². The summed E-state index contributed by atoms with van der Waals surface area (Å²) in [7, 11) is 0. The lowest BCUT2D eigenvalue weighted by atomic mass is 10.3. The largest absolute Gasteiger partial charge is 0.462 e. The van der Waals surface area contributed by atoms with Crippen molar-refractivity contribution >= 4 is 0 Å². The quantitative estimate of drug-likeness (QED) is 0.704. The highest BCUT2D eigenvalue weighted by molar-refractivity contribution is 5.06.